The molecule has 4 atom stereocenters. The molecular formula is C39H74N6O9. The molecule has 0 aromatic heterocycles. The van der Waals surface area contributed by atoms with Gasteiger partial charge in [0.1, 0.15) is 46.6 Å². The second kappa shape index (κ2) is 20.9. The van der Waals surface area contributed by atoms with Crippen LogP contribution in [-0.2, 0) is 42.9 Å². The van der Waals surface area contributed by atoms with Crippen molar-refractivity contribution in [2.24, 2.45) is 5.73 Å². The Balaban J connectivity index is 3.78. The third-order valence-corrected chi connectivity index (χ3v) is 8.55. The van der Waals surface area contributed by atoms with Gasteiger partial charge in [0, 0.05) is 65.4 Å². The van der Waals surface area contributed by atoms with E-state index in [9.17, 15) is 24.0 Å². The molecule has 4 unspecified atom stereocenters. The van der Waals surface area contributed by atoms with Crippen LogP contribution in [0.3, 0.4) is 0 Å². The molecule has 15 nitrogen and oxygen atoms in total. The van der Waals surface area contributed by atoms with Crippen molar-refractivity contribution in [1.82, 2.24) is 24.9 Å². The number of rotatable bonds is 12. The summed E-state index contributed by atoms with van der Waals surface area (Å²) in [7, 11) is 0. The highest BCUT2D eigenvalue weighted by Gasteiger charge is 2.37. The van der Waals surface area contributed by atoms with Crippen LogP contribution in [0.15, 0.2) is 0 Å². The van der Waals surface area contributed by atoms with Crippen molar-refractivity contribution in [2.45, 2.75) is 157 Å². The van der Waals surface area contributed by atoms with E-state index >= 15 is 0 Å². The molecule has 0 aromatic carbocycles. The standard InChI is InChI=1S/C39H74N6O9/c1-27(32(47)51-36(4,5)6)42-18-20-43(28(2)33(48)52-37(7,8)9)22-24-45(25-23-44(21-19-42)29(3)34(49)53-38(10,11)12)30(26-31(46)41-17-16-40)35(50)54-39(13,14)15/h27-30H,16-26,40H2,1-15H3,(H,41,46). The van der Waals surface area contributed by atoms with Crippen LogP contribution in [0.2, 0.25) is 0 Å². The average molecular weight is 771 g/mol. The van der Waals surface area contributed by atoms with Gasteiger partial charge in [-0.05, 0) is 104 Å². The van der Waals surface area contributed by atoms with E-state index in [1.165, 1.54) is 0 Å². The summed E-state index contributed by atoms with van der Waals surface area (Å²) in [4.78, 5) is 75.2. The minimum Gasteiger partial charge on any atom is -0.459 e. The summed E-state index contributed by atoms with van der Waals surface area (Å²) in [6.07, 6.45) is -0.181. The molecule has 0 aromatic rings. The second-order valence-corrected chi connectivity index (χ2v) is 18.2. The first kappa shape index (κ1) is 49.2. The number of amides is 1. The lowest BCUT2D eigenvalue weighted by Crippen LogP contribution is -2.57. The number of carbonyl (C=O) groups is 5. The number of nitrogens with one attached hydrogen (secondary N) is 1. The topological polar surface area (TPSA) is 173 Å². The Morgan fingerprint density at radius 1 is 0.500 bits per heavy atom. The van der Waals surface area contributed by atoms with Crippen molar-refractivity contribution >= 4 is 29.8 Å². The highest BCUT2D eigenvalue weighted by molar-refractivity contribution is 5.85. The van der Waals surface area contributed by atoms with E-state index in [1.54, 1.807) is 41.5 Å². The summed E-state index contributed by atoms with van der Waals surface area (Å²) >= 11 is 0. The predicted molar refractivity (Wildman–Crippen MR) is 209 cm³/mol. The highest BCUT2D eigenvalue weighted by atomic mass is 16.6. The zero-order chi connectivity index (χ0) is 41.8. The van der Waals surface area contributed by atoms with Gasteiger partial charge < -0.3 is 30.0 Å². The van der Waals surface area contributed by atoms with Crippen molar-refractivity contribution < 1.29 is 42.9 Å². The van der Waals surface area contributed by atoms with Gasteiger partial charge in [0.2, 0.25) is 5.91 Å². The second-order valence-electron chi connectivity index (χ2n) is 18.2. The van der Waals surface area contributed by atoms with Crippen LogP contribution < -0.4 is 11.1 Å². The summed E-state index contributed by atoms with van der Waals surface area (Å²) in [5.41, 5.74) is 2.70. The van der Waals surface area contributed by atoms with Crippen LogP contribution in [0, 0.1) is 0 Å². The SMILES string of the molecule is CC(C(=O)OC(C)(C)C)N1CCN(C(C)C(=O)OC(C)(C)C)CCN(C(CC(=O)NCCN)C(=O)OC(C)(C)C)CCN(C(C)C(=O)OC(C)(C)C)CC1. The largest absolute Gasteiger partial charge is 0.459 e. The normalized spacial score (nSPS) is 19.3. The maximum absolute atomic E-state index is 13.9. The molecule has 0 aliphatic carbocycles. The number of esters is 4. The Morgan fingerprint density at radius 2 is 0.759 bits per heavy atom. The van der Waals surface area contributed by atoms with Crippen LogP contribution in [-0.4, -0.2) is 161 Å². The van der Waals surface area contributed by atoms with E-state index in [0.29, 0.717) is 39.3 Å². The molecule has 15 heteroatoms. The number of hydrogen-bond acceptors (Lipinski definition) is 14. The van der Waals surface area contributed by atoms with Gasteiger partial charge in [-0.2, -0.15) is 0 Å². The molecule has 1 aliphatic rings. The Bertz CT molecular complexity index is 1180. The summed E-state index contributed by atoms with van der Waals surface area (Å²) in [5, 5.41) is 2.77. The van der Waals surface area contributed by atoms with E-state index in [-0.39, 0.29) is 44.5 Å². The molecule has 0 spiro atoms. The lowest BCUT2D eigenvalue weighted by atomic mass is 10.1. The maximum atomic E-state index is 13.9. The number of ether oxygens (including phenoxy) is 4. The zero-order valence-electron chi connectivity index (χ0n) is 36.1. The molecule has 0 bridgehead atoms. The van der Waals surface area contributed by atoms with Crippen LogP contribution >= 0.6 is 0 Å². The van der Waals surface area contributed by atoms with E-state index in [0.717, 1.165) is 0 Å². The molecule has 1 aliphatic heterocycles. The van der Waals surface area contributed by atoms with Crippen LogP contribution in [0.4, 0.5) is 0 Å². The van der Waals surface area contributed by atoms with E-state index in [4.69, 9.17) is 24.7 Å². The van der Waals surface area contributed by atoms with E-state index in [1.807, 2.05) is 81.9 Å². The Labute approximate surface area is 325 Å². The van der Waals surface area contributed by atoms with Gasteiger partial charge >= 0.3 is 23.9 Å². The maximum Gasteiger partial charge on any atom is 0.324 e. The minimum atomic E-state index is -0.981. The molecule has 3 N–H and O–H groups in total. The molecule has 54 heavy (non-hydrogen) atoms. The smallest absolute Gasteiger partial charge is 0.324 e. The first-order chi connectivity index (χ1) is 24.5. The van der Waals surface area contributed by atoms with Gasteiger partial charge in [-0.1, -0.05) is 0 Å². The van der Waals surface area contributed by atoms with Crippen molar-refractivity contribution in [1.29, 1.82) is 0 Å². The number of carbonyl (C=O) groups excluding carboxylic acids is 5. The molecular weight excluding hydrogens is 696 g/mol. The molecule has 1 rings (SSSR count). The molecule has 1 fully saturated rings. The van der Waals surface area contributed by atoms with Gasteiger partial charge in [-0.25, -0.2) is 0 Å². The summed E-state index contributed by atoms with van der Waals surface area (Å²) < 4.78 is 23.2. The van der Waals surface area contributed by atoms with Crippen molar-refractivity contribution in [3.05, 3.63) is 0 Å². The molecule has 1 amide bonds. The van der Waals surface area contributed by atoms with Crippen molar-refractivity contribution in [2.75, 3.05) is 65.4 Å². The van der Waals surface area contributed by atoms with Gasteiger partial charge in [0.15, 0.2) is 0 Å². The predicted octanol–water partition coefficient (Wildman–Crippen LogP) is 2.57. The average Bonchev–Trinajstić information content (AvgIpc) is 2.98. The lowest BCUT2D eigenvalue weighted by molar-refractivity contribution is -0.166. The first-order valence-corrected chi connectivity index (χ1v) is 19.4. The Kier molecular flexibility index (Phi) is 19.0. The summed E-state index contributed by atoms with van der Waals surface area (Å²) in [5.74, 6) is -2.11. The monoisotopic (exact) mass is 771 g/mol. The number of nitrogens with two attached hydrogens (primary N) is 1. The molecule has 0 radical (unpaired) electrons. The number of hydrogen-bond donors (Lipinski definition) is 2. The quantitative estimate of drug-likeness (QED) is 0.219. The Morgan fingerprint density at radius 3 is 1.02 bits per heavy atom. The molecule has 314 valence electrons. The van der Waals surface area contributed by atoms with Crippen molar-refractivity contribution in [3.63, 3.8) is 0 Å². The van der Waals surface area contributed by atoms with Crippen molar-refractivity contribution in [3.8, 4) is 0 Å². The van der Waals surface area contributed by atoms with Gasteiger partial charge in [-0.15, -0.1) is 0 Å². The molecule has 0 saturated carbocycles. The van der Waals surface area contributed by atoms with Crippen LogP contribution in [0.1, 0.15) is 110 Å². The third kappa shape index (κ3) is 19.1. The zero-order valence-corrected chi connectivity index (χ0v) is 36.1. The van der Waals surface area contributed by atoms with Gasteiger partial charge in [0.25, 0.3) is 0 Å². The van der Waals surface area contributed by atoms with Crippen LogP contribution in [0.25, 0.3) is 0 Å². The van der Waals surface area contributed by atoms with Gasteiger partial charge in [0.05, 0.1) is 6.42 Å². The minimum absolute atomic E-state index is 0.181. The highest BCUT2D eigenvalue weighted by Crippen LogP contribution is 2.19. The van der Waals surface area contributed by atoms with E-state index in [2.05, 4.69) is 5.32 Å². The third-order valence-electron chi connectivity index (χ3n) is 8.55. The lowest BCUT2D eigenvalue weighted by Gasteiger charge is -2.40. The fourth-order valence-corrected chi connectivity index (χ4v) is 5.75. The van der Waals surface area contributed by atoms with Crippen LogP contribution in [0.5, 0.6) is 0 Å². The fourth-order valence-electron chi connectivity index (χ4n) is 5.75. The van der Waals surface area contributed by atoms with Gasteiger partial charge in [-0.3, -0.25) is 43.6 Å². The molecule has 1 saturated heterocycles. The summed E-state index contributed by atoms with van der Waals surface area (Å²) in [6, 6.07) is -2.97. The fraction of sp³-hybridized carbons (Fsp3) is 0.872. The molecule has 1 heterocycles. The first-order valence-electron chi connectivity index (χ1n) is 19.4. The number of nitrogens with zero attached hydrogens (tertiary/aromatic N) is 4. The summed E-state index contributed by atoms with van der Waals surface area (Å²) in [6.45, 7) is 30.1. The Hall–Kier alpha value is -2.85. The van der Waals surface area contributed by atoms with E-state index < -0.39 is 64.5 Å².